The number of hydrogen-bond acceptors (Lipinski definition) is 4. The molecule has 0 aliphatic heterocycles. The van der Waals surface area contributed by atoms with E-state index in [1.54, 1.807) is 19.1 Å². The summed E-state index contributed by atoms with van der Waals surface area (Å²) in [5, 5.41) is 7.53. The molecule has 6 nitrogen and oxygen atoms in total. The van der Waals surface area contributed by atoms with Gasteiger partial charge in [0.1, 0.15) is 0 Å². The van der Waals surface area contributed by atoms with Gasteiger partial charge in [0, 0.05) is 35.3 Å². The zero-order valence-corrected chi connectivity index (χ0v) is 18.0. The fourth-order valence-electron chi connectivity index (χ4n) is 2.95. The van der Waals surface area contributed by atoms with E-state index in [1.165, 1.54) is 0 Å². The van der Waals surface area contributed by atoms with Gasteiger partial charge in [-0.3, -0.25) is 10.1 Å². The largest absolute Gasteiger partial charge is 0.450 e. The van der Waals surface area contributed by atoms with E-state index < -0.39 is 6.09 Å². The highest BCUT2D eigenvalue weighted by Gasteiger charge is 2.17. The van der Waals surface area contributed by atoms with Crippen LogP contribution in [-0.2, 0) is 4.74 Å². The van der Waals surface area contributed by atoms with E-state index in [0.29, 0.717) is 16.9 Å². The molecule has 0 unspecified atom stereocenters. The number of nitrogens with zero attached hydrogens (tertiary/aromatic N) is 1. The van der Waals surface area contributed by atoms with E-state index >= 15 is 0 Å². The van der Waals surface area contributed by atoms with Gasteiger partial charge in [-0.2, -0.15) is 0 Å². The number of ether oxygens (including phenoxy) is 1. The first-order valence-electron chi connectivity index (χ1n) is 9.14. The Labute approximate surface area is 178 Å². The van der Waals surface area contributed by atoms with Crippen molar-refractivity contribution >= 4 is 55.8 Å². The number of rotatable bonds is 5. The van der Waals surface area contributed by atoms with Crippen molar-refractivity contribution < 1.29 is 14.3 Å². The number of fused-ring (bicyclic) bond motifs is 1. The normalized spacial score (nSPS) is 10.5. The molecule has 0 saturated heterocycles. The lowest BCUT2D eigenvalue weighted by molar-refractivity contribution is 0.102. The summed E-state index contributed by atoms with van der Waals surface area (Å²) >= 11 is 3.54. The Morgan fingerprint density at radius 1 is 0.966 bits per heavy atom. The number of hydrogen-bond donors (Lipinski definition) is 2. The summed E-state index contributed by atoms with van der Waals surface area (Å²) in [6.45, 7) is 1.97. The standard InChI is InChI=1S/C22H22BrN3O3/c1-4-29-22(28)25-20-12-11-14(26(2)3)13-17(20)21(27)24-19-10-6-7-15-16(19)8-5-9-18(15)23/h5-13H,4H2,1-3H3,(H,24,27)(H,25,28). The summed E-state index contributed by atoms with van der Waals surface area (Å²) < 4.78 is 5.90. The molecule has 150 valence electrons. The van der Waals surface area contributed by atoms with Crippen LogP contribution in [0.1, 0.15) is 17.3 Å². The number of amides is 2. The lowest BCUT2D eigenvalue weighted by Crippen LogP contribution is -2.20. The number of anilines is 3. The summed E-state index contributed by atoms with van der Waals surface area (Å²) in [6.07, 6.45) is -0.603. The second-order valence-corrected chi connectivity index (χ2v) is 7.42. The minimum atomic E-state index is -0.603. The second kappa shape index (κ2) is 8.96. The first-order valence-corrected chi connectivity index (χ1v) is 9.93. The van der Waals surface area contributed by atoms with Gasteiger partial charge in [-0.05, 0) is 42.6 Å². The fourth-order valence-corrected chi connectivity index (χ4v) is 3.45. The Balaban J connectivity index is 1.98. The number of carbonyl (C=O) groups excluding carboxylic acids is 2. The Hall–Kier alpha value is -3.06. The third-order valence-corrected chi connectivity index (χ3v) is 5.08. The van der Waals surface area contributed by atoms with Crippen molar-refractivity contribution in [1.82, 2.24) is 0 Å². The van der Waals surface area contributed by atoms with Crippen LogP contribution in [0.4, 0.5) is 21.9 Å². The quantitative estimate of drug-likeness (QED) is 0.533. The number of halogens is 1. The van der Waals surface area contributed by atoms with Gasteiger partial charge in [0.15, 0.2) is 0 Å². The summed E-state index contributed by atoms with van der Waals surface area (Å²) in [4.78, 5) is 26.9. The van der Waals surface area contributed by atoms with Crippen LogP contribution in [0.2, 0.25) is 0 Å². The van der Waals surface area contributed by atoms with Crippen molar-refractivity contribution in [3.63, 3.8) is 0 Å². The lowest BCUT2D eigenvalue weighted by Gasteiger charge is -2.17. The van der Waals surface area contributed by atoms with Crippen LogP contribution >= 0.6 is 15.9 Å². The molecule has 0 aromatic heterocycles. The maximum Gasteiger partial charge on any atom is 0.411 e. The highest BCUT2D eigenvalue weighted by Crippen LogP contribution is 2.30. The van der Waals surface area contributed by atoms with Crippen molar-refractivity contribution in [3.8, 4) is 0 Å². The van der Waals surface area contributed by atoms with Gasteiger partial charge in [0.25, 0.3) is 5.91 Å². The number of nitrogens with one attached hydrogen (secondary N) is 2. The minimum absolute atomic E-state index is 0.244. The summed E-state index contributed by atoms with van der Waals surface area (Å²) in [5.41, 5.74) is 2.25. The maximum atomic E-state index is 13.1. The molecule has 3 aromatic carbocycles. The lowest BCUT2D eigenvalue weighted by atomic mass is 10.1. The number of benzene rings is 3. The van der Waals surface area contributed by atoms with E-state index in [2.05, 4.69) is 26.6 Å². The SMILES string of the molecule is CCOC(=O)Nc1ccc(N(C)C)cc1C(=O)Nc1cccc2c(Br)cccc12. The fraction of sp³-hybridized carbons (Fsp3) is 0.182. The van der Waals surface area contributed by atoms with E-state index in [9.17, 15) is 9.59 Å². The van der Waals surface area contributed by atoms with Gasteiger partial charge in [-0.1, -0.05) is 40.2 Å². The molecule has 29 heavy (non-hydrogen) atoms. The van der Waals surface area contributed by atoms with Crippen molar-refractivity contribution in [1.29, 1.82) is 0 Å². The first-order chi connectivity index (χ1) is 13.9. The average Bonchev–Trinajstić information content (AvgIpc) is 2.69. The van der Waals surface area contributed by atoms with Crippen molar-refractivity contribution in [3.05, 3.63) is 64.6 Å². The predicted octanol–water partition coefficient (Wildman–Crippen LogP) is 5.49. The molecule has 0 fully saturated rings. The molecule has 0 aliphatic rings. The van der Waals surface area contributed by atoms with E-state index in [1.807, 2.05) is 61.5 Å². The Morgan fingerprint density at radius 3 is 2.41 bits per heavy atom. The molecule has 0 atom stereocenters. The number of carbonyl (C=O) groups is 2. The van der Waals surface area contributed by atoms with Gasteiger partial charge in [-0.25, -0.2) is 4.79 Å². The zero-order valence-electron chi connectivity index (χ0n) is 16.5. The summed E-state index contributed by atoms with van der Waals surface area (Å²) in [5.74, 6) is -0.326. The molecule has 0 aliphatic carbocycles. The average molecular weight is 456 g/mol. The van der Waals surface area contributed by atoms with E-state index in [-0.39, 0.29) is 12.5 Å². The van der Waals surface area contributed by atoms with Gasteiger partial charge in [0.05, 0.1) is 17.9 Å². The first kappa shape index (κ1) is 20.7. The smallest absolute Gasteiger partial charge is 0.411 e. The Bertz CT molecular complexity index is 1070. The third-order valence-electron chi connectivity index (χ3n) is 4.39. The van der Waals surface area contributed by atoms with Crippen molar-refractivity contribution in [2.75, 3.05) is 36.2 Å². The van der Waals surface area contributed by atoms with Crippen LogP contribution in [0.15, 0.2) is 59.1 Å². The summed E-state index contributed by atoms with van der Waals surface area (Å²) in [6, 6.07) is 16.8. The topological polar surface area (TPSA) is 70.7 Å². The van der Waals surface area contributed by atoms with Crippen LogP contribution in [0.25, 0.3) is 10.8 Å². The van der Waals surface area contributed by atoms with Crippen molar-refractivity contribution in [2.45, 2.75) is 6.92 Å². The van der Waals surface area contributed by atoms with E-state index in [0.717, 1.165) is 20.9 Å². The van der Waals surface area contributed by atoms with Gasteiger partial charge >= 0.3 is 6.09 Å². The van der Waals surface area contributed by atoms with Crippen molar-refractivity contribution in [2.24, 2.45) is 0 Å². The van der Waals surface area contributed by atoms with Gasteiger partial charge in [0.2, 0.25) is 0 Å². The molecule has 3 aromatic rings. The van der Waals surface area contributed by atoms with Gasteiger partial charge in [-0.15, -0.1) is 0 Å². The van der Waals surface area contributed by atoms with Crippen LogP contribution in [0.5, 0.6) is 0 Å². The van der Waals surface area contributed by atoms with E-state index in [4.69, 9.17) is 4.74 Å². The molecule has 0 radical (unpaired) electrons. The molecule has 0 saturated carbocycles. The molecule has 0 spiro atoms. The Morgan fingerprint density at radius 2 is 1.69 bits per heavy atom. The van der Waals surface area contributed by atoms with Crippen LogP contribution in [0.3, 0.4) is 0 Å². The highest BCUT2D eigenvalue weighted by atomic mass is 79.9. The maximum absolute atomic E-state index is 13.1. The molecule has 7 heteroatoms. The molecule has 0 bridgehead atoms. The zero-order chi connectivity index (χ0) is 21.0. The minimum Gasteiger partial charge on any atom is -0.450 e. The molecule has 2 amide bonds. The summed E-state index contributed by atoms with van der Waals surface area (Å²) in [7, 11) is 3.77. The highest BCUT2D eigenvalue weighted by molar-refractivity contribution is 9.10. The molecule has 3 rings (SSSR count). The monoisotopic (exact) mass is 455 g/mol. The molecular formula is C22H22BrN3O3. The molecular weight excluding hydrogens is 434 g/mol. The molecule has 0 heterocycles. The van der Waals surface area contributed by atoms with Crippen LogP contribution in [-0.4, -0.2) is 32.7 Å². The molecule has 2 N–H and O–H groups in total. The van der Waals surface area contributed by atoms with Crippen LogP contribution < -0.4 is 15.5 Å². The van der Waals surface area contributed by atoms with Gasteiger partial charge < -0.3 is 15.0 Å². The predicted molar refractivity (Wildman–Crippen MR) is 121 cm³/mol. The third kappa shape index (κ3) is 4.68. The van der Waals surface area contributed by atoms with Crippen LogP contribution in [0, 0.1) is 0 Å². The second-order valence-electron chi connectivity index (χ2n) is 6.56. The Kier molecular flexibility index (Phi) is 6.39.